The molecule has 1 aromatic heterocycles. The molecule has 1 aliphatic carbocycles. The molecule has 1 fully saturated rings. The number of aromatic amines is 1. The molecule has 2 aromatic rings. The van der Waals surface area contributed by atoms with Crippen LogP contribution in [0.3, 0.4) is 0 Å². The van der Waals surface area contributed by atoms with Gasteiger partial charge in [0.05, 0.1) is 35.2 Å². The number of H-pyrrole nitrogens is 1. The number of hydrogen-bond acceptors (Lipinski definition) is 5. The van der Waals surface area contributed by atoms with Gasteiger partial charge in [-0.1, -0.05) is 24.6 Å². The minimum absolute atomic E-state index is 0.140. The molecule has 4 N–H and O–H groups in total. The van der Waals surface area contributed by atoms with Gasteiger partial charge in [-0.05, 0) is 77.4 Å². The van der Waals surface area contributed by atoms with Crippen LogP contribution in [-0.4, -0.2) is 85.0 Å². The number of benzene rings is 1. The van der Waals surface area contributed by atoms with E-state index in [9.17, 15) is 0 Å². The SMILES string of the molecule is C=CCCN(CCNC)/C(=N/C1CCN(C)C1)C1(C)CC(CC)=C(c2c(C)ccc3[nH]ncc23)C(F)=C1/N=C/N. The second kappa shape index (κ2) is 12.9. The van der Waals surface area contributed by atoms with Crippen molar-refractivity contribution in [3.8, 4) is 0 Å². The first-order valence-electron chi connectivity index (χ1n) is 14.4. The largest absolute Gasteiger partial charge is 0.390 e. The highest BCUT2D eigenvalue weighted by molar-refractivity contribution is 6.01. The highest BCUT2D eigenvalue weighted by Gasteiger charge is 2.45. The molecular weight excluding hydrogens is 503 g/mol. The summed E-state index contributed by atoms with van der Waals surface area (Å²) >= 11 is 0. The summed E-state index contributed by atoms with van der Waals surface area (Å²) in [5.41, 5.74) is 9.83. The zero-order valence-electron chi connectivity index (χ0n) is 24.7. The van der Waals surface area contributed by atoms with Crippen LogP contribution >= 0.6 is 0 Å². The van der Waals surface area contributed by atoms with Gasteiger partial charge in [0, 0.05) is 37.1 Å². The van der Waals surface area contributed by atoms with Crippen LogP contribution in [0, 0.1) is 12.3 Å². The molecule has 1 saturated heterocycles. The number of aromatic nitrogens is 2. The number of allylic oxidation sites excluding steroid dienone is 3. The smallest absolute Gasteiger partial charge is 0.153 e. The van der Waals surface area contributed by atoms with Crippen molar-refractivity contribution in [2.24, 2.45) is 21.1 Å². The molecule has 0 spiro atoms. The average molecular weight is 549 g/mol. The molecule has 216 valence electrons. The number of halogens is 1. The van der Waals surface area contributed by atoms with E-state index in [2.05, 4.69) is 57.8 Å². The predicted octanol–water partition coefficient (Wildman–Crippen LogP) is 4.81. The third-order valence-electron chi connectivity index (χ3n) is 8.28. The summed E-state index contributed by atoms with van der Waals surface area (Å²) in [6.45, 7) is 14.3. The van der Waals surface area contributed by atoms with E-state index in [1.165, 1.54) is 6.34 Å². The van der Waals surface area contributed by atoms with Crippen LogP contribution in [-0.2, 0) is 0 Å². The highest BCUT2D eigenvalue weighted by atomic mass is 19.1. The molecule has 2 atom stereocenters. The minimum atomic E-state index is -0.803. The van der Waals surface area contributed by atoms with Crippen molar-refractivity contribution >= 4 is 28.7 Å². The molecule has 2 aliphatic rings. The summed E-state index contributed by atoms with van der Waals surface area (Å²) in [6.07, 6.45) is 8.00. The predicted molar refractivity (Wildman–Crippen MR) is 165 cm³/mol. The first-order valence-corrected chi connectivity index (χ1v) is 14.4. The number of aliphatic imine (C=N–C) groups is 2. The van der Waals surface area contributed by atoms with Crippen LogP contribution in [0.2, 0.25) is 0 Å². The quantitative estimate of drug-likeness (QED) is 0.213. The summed E-state index contributed by atoms with van der Waals surface area (Å²) in [4.78, 5) is 14.6. The van der Waals surface area contributed by atoms with Crippen molar-refractivity contribution in [2.75, 3.05) is 46.8 Å². The number of likely N-dealkylation sites (N-methyl/N-ethyl adjacent to an activating group) is 2. The molecule has 4 rings (SSSR count). The van der Waals surface area contributed by atoms with E-state index in [0.717, 1.165) is 79.0 Å². The average Bonchev–Trinajstić information content (AvgIpc) is 3.59. The fourth-order valence-electron chi connectivity index (χ4n) is 6.20. The molecule has 9 heteroatoms. The number of hydrogen-bond donors (Lipinski definition) is 3. The second-order valence-electron chi connectivity index (χ2n) is 11.2. The van der Waals surface area contributed by atoms with Crippen LogP contribution < -0.4 is 11.1 Å². The number of nitrogens with two attached hydrogens (primary N) is 1. The highest BCUT2D eigenvalue weighted by Crippen LogP contribution is 2.51. The molecule has 0 amide bonds. The van der Waals surface area contributed by atoms with Crippen molar-refractivity contribution in [3.63, 3.8) is 0 Å². The molecule has 1 aromatic carbocycles. The Labute approximate surface area is 238 Å². The lowest BCUT2D eigenvalue weighted by molar-refractivity contribution is 0.354. The molecule has 0 saturated carbocycles. The number of nitrogens with one attached hydrogen (secondary N) is 2. The Kier molecular flexibility index (Phi) is 9.58. The van der Waals surface area contributed by atoms with Crippen molar-refractivity contribution in [1.82, 2.24) is 25.3 Å². The zero-order valence-corrected chi connectivity index (χ0v) is 24.7. The number of aryl methyl sites for hydroxylation is 1. The fourth-order valence-corrected chi connectivity index (χ4v) is 6.20. The molecule has 8 nitrogen and oxygen atoms in total. The number of nitrogens with zero attached hydrogens (tertiary/aromatic N) is 5. The van der Waals surface area contributed by atoms with E-state index in [4.69, 9.17) is 10.7 Å². The van der Waals surface area contributed by atoms with E-state index in [1.807, 2.05) is 32.2 Å². The molecule has 1 aliphatic heterocycles. The van der Waals surface area contributed by atoms with Gasteiger partial charge in [-0.3, -0.25) is 10.1 Å². The van der Waals surface area contributed by atoms with E-state index >= 15 is 4.39 Å². The van der Waals surface area contributed by atoms with Crippen LogP contribution in [0.5, 0.6) is 0 Å². The number of fused-ring (bicyclic) bond motifs is 1. The van der Waals surface area contributed by atoms with Gasteiger partial charge < -0.3 is 20.9 Å². The van der Waals surface area contributed by atoms with Crippen LogP contribution in [0.4, 0.5) is 4.39 Å². The summed E-state index contributed by atoms with van der Waals surface area (Å²) in [5.74, 6) is 0.543. The Balaban J connectivity index is 1.94. The number of likely N-dealkylation sites (tertiary alicyclic amines) is 1. The Hall–Kier alpha value is -3.30. The molecular formula is C31H45FN8. The van der Waals surface area contributed by atoms with Crippen LogP contribution in [0.25, 0.3) is 16.5 Å². The van der Waals surface area contributed by atoms with Crippen LogP contribution in [0.15, 0.2) is 58.1 Å². The lowest BCUT2D eigenvalue weighted by Gasteiger charge is -2.42. The number of rotatable bonds is 11. The third kappa shape index (κ3) is 5.76. The van der Waals surface area contributed by atoms with Gasteiger partial charge in [-0.25, -0.2) is 9.38 Å². The summed E-state index contributed by atoms with van der Waals surface area (Å²) in [5, 5.41) is 11.5. The van der Waals surface area contributed by atoms with E-state index < -0.39 is 5.41 Å². The second-order valence-corrected chi connectivity index (χ2v) is 11.2. The molecule has 2 heterocycles. The summed E-state index contributed by atoms with van der Waals surface area (Å²) < 4.78 is 17.1. The Morgan fingerprint density at radius 2 is 2.20 bits per heavy atom. The molecule has 2 unspecified atom stereocenters. The first-order chi connectivity index (χ1) is 19.3. The van der Waals surface area contributed by atoms with Gasteiger partial charge in [-0.2, -0.15) is 5.10 Å². The normalized spacial score (nSPS) is 22.8. The monoisotopic (exact) mass is 548 g/mol. The van der Waals surface area contributed by atoms with Crippen LogP contribution in [0.1, 0.15) is 50.7 Å². The third-order valence-corrected chi connectivity index (χ3v) is 8.28. The Morgan fingerprint density at radius 3 is 2.85 bits per heavy atom. The number of amidine groups is 1. The Morgan fingerprint density at radius 1 is 1.40 bits per heavy atom. The summed E-state index contributed by atoms with van der Waals surface area (Å²) in [7, 11) is 4.07. The van der Waals surface area contributed by atoms with Gasteiger partial charge in [0.25, 0.3) is 0 Å². The maximum absolute atomic E-state index is 17.1. The molecule has 0 bridgehead atoms. The minimum Gasteiger partial charge on any atom is -0.390 e. The standard InChI is InChI=1S/C31H45FN8/c1-7-9-14-40(16-13-34-5)30(37-23-12-15-39(6)19-23)31(4)17-22(8-2)27(28(32)29(31)35-20-33)26-21(3)10-11-25-24(26)18-36-38-25/h7,10-11,18,20,23,34H,1,8-9,12-17,19H2,2-6H3,(H2,33,35)(H,36,38)/b37-30+. The van der Waals surface area contributed by atoms with Crippen molar-refractivity contribution in [3.05, 3.63) is 59.2 Å². The molecule has 40 heavy (non-hydrogen) atoms. The van der Waals surface area contributed by atoms with Gasteiger partial charge in [0.2, 0.25) is 0 Å². The van der Waals surface area contributed by atoms with E-state index in [-0.39, 0.29) is 11.9 Å². The van der Waals surface area contributed by atoms with E-state index in [1.54, 1.807) is 6.20 Å². The maximum atomic E-state index is 17.1. The van der Waals surface area contributed by atoms with Crippen molar-refractivity contribution in [1.29, 1.82) is 0 Å². The van der Waals surface area contributed by atoms with E-state index in [0.29, 0.717) is 24.1 Å². The molecule has 0 radical (unpaired) electrons. The van der Waals surface area contributed by atoms with Gasteiger partial charge in [0.1, 0.15) is 5.84 Å². The van der Waals surface area contributed by atoms with Gasteiger partial charge in [-0.15, -0.1) is 6.58 Å². The lowest BCUT2D eigenvalue weighted by atomic mass is 9.70. The maximum Gasteiger partial charge on any atom is 0.153 e. The van der Waals surface area contributed by atoms with Crippen molar-refractivity contribution in [2.45, 2.75) is 52.5 Å². The first kappa shape index (κ1) is 29.7. The van der Waals surface area contributed by atoms with Gasteiger partial charge >= 0.3 is 0 Å². The van der Waals surface area contributed by atoms with Gasteiger partial charge in [0.15, 0.2) is 5.83 Å². The fraction of sp³-hybridized carbons (Fsp3) is 0.516. The summed E-state index contributed by atoms with van der Waals surface area (Å²) in [6, 6.07) is 4.14. The topological polar surface area (TPSA) is 97.9 Å². The lowest BCUT2D eigenvalue weighted by Crippen LogP contribution is -2.48. The zero-order chi connectivity index (χ0) is 28.9. The Bertz CT molecular complexity index is 1340. The van der Waals surface area contributed by atoms with Crippen molar-refractivity contribution < 1.29 is 4.39 Å².